The van der Waals surface area contributed by atoms with E-state index < -0.39 is 0 Å². The van der Waals surface area contributed by atoms with Crippen molar-refractivity contribution in [1.29, 1.82) is 0 Å². The van der Waals surface area contributed by atoms with Gasteiger partial charge in [-0.1, -0.05) is 176 Å². The van der Waals surface area contributed by atoms with E-state index >= 15 is 0 Å². The molecule has 0 spiro atoms. The smallest absolute Gasteiger partial charge is 0.143 e. The lowest BCUT2D eigenvalue weighted by atomic mass is 9.98. The molecule has 14 aromatic rings. The standard InChI is InChI=1S/C66H42N2O2/c1-2-12-49(13-3-1)68-61-21-7-4-14-55(61)60-42-48(34-41-62(60)68)45-26-24-43(25-27-45)44-28-35-50(36-29-44)67(51-37-30-46(31-38-51)53-17-10-19-58-56-15-5-8-22-63(56)69-65(53)58)52-39-32-47(33-40-52)54-18-11-20-59-57-16-6-9-23-64(57)70-66(54)59/h1-42H. The average Bonchev–Trinajstić information content (AvgIpc) is 4.12. The lowest BCUT2D eigenvalue weighted by Crippen LogP contribution is -2.09. The van der Waals surface area contributed by atoms with Crippen molar-refractivity contribution in [2.24, 2.45) is 0 Å². The maximum absolute atomic E-state index is 6.45. The van der Waals surface area contributed by atoms with E-state index in [0.29, 0.717) is 0 Å². The monoisotopic (exact) mass is 894 g/mol. The fourth-order valence-electron chi connectivity index (χ4n) is 10.6. The quantitative estimate of drug-likeness (QED) is 0.152. The molecule has 14 rings (SSSR count). The molecule has 0 saturated carbocycles. The molecule has 0 aliphatic heterocycles. The van der Waals surface area contributed by atoms with Crippen LogP contribution < -0.4 is 4.90 Å². The zero-order chi connectivity index (χ0) is 46.1. The average molecular weight is 895 g/mol. The zero-order valence-electron chi connectivity index (χ0n) is 38.0. The van der Waals surface area contributed by atoms with Gasteiger partial charge in [0.2, 0.25) is 0 Å². The number of fused-ring (bicyclic) bond motifs is 9. The molecule has 0 aliphatic carbocycles. The summed E-state index contributed by atoms with van der Waals surface area (Å²) < 4.78 is 15.3. The largest absolute Gasteiger partial charge is 0.455 e. The first-order valence-electron chi connectivity index (χ1n) is 23.8. The van der Waals surface area contributed by atoms with Crippen LogP contribution in [0.4, 0.5) is 17.1 Å². The number of rotatable bonds is 8. The fourth-order valence-corrected chi connectivity index (χ4v) is 10.6. The van der Waals surface area contributed by atoms with E-state index in [1.54, 1.807) is 0 Å². The van der Waals surface area contributed by atoms with Crippen molar-refractivity contribution < 1.29 is 8.83 Å². The van der Waals surface area contributed by atoms with E-state index in [9.17, 15) is 0 Å². The van der Waals surface area contributed by atoms with Crippen molar-refractivity contribution in [3.8, 4) is 50.2 Å². The normalized spacial score (nSPS) is 11.7. The Morgan fingerprint density at radius 1 is 0.271 bits per heavy atom. The Morgan fingerprint density at radius 2 is 0.671 bits per heavy atom. The van der Waals surface area contributed by atoms with Crippen molar-refractivity contribution >= 4 is 82.7 Å². The van der Waals surface area contributed by atoms with E-state index in [2.05, 4.69) is 240 Å². The number of aromatic nitrogens is 1. The third kappa shape index (κ3) is 6.53. The Kier molecular flexibility index (Phi) is 9.17. The van der Waals surface area contributed by atoms with Crippen LogP contribution in [0.2, 0.25) is 0 Å². The fraction of sp³-hybridized carbons (Fsp3) is 0. The third-order valence-corrected chi connectivity index (χ3v) is 14.0. The highest BCUT2D eigenvalue weighted by molar-refractivity contribution is 6.12. The van der Waals surface area contributed by atoms with Crippen LogP contribution in [0.15, 0.2) is 264 Å². The molecule has 0 fully saturated rings. The van der Waals surface area contributed by atoms with Crippen LogP contribution in [0.1, 0.15) is 0 Å². The number of nitrogens with zero attached hydrogens (tertiary/aromatic N) is 2. The summed E-state index contributed by atoms with van der Waals surface area (Å²) in [7, 11) is 0. The summed E-state index contributed by atoms with van der Waals surface area (Å²) in [6.45, 7) is 0. The van der Waals surface area contributed by atoms with E-state index in [0.717, 1.165) is 100 Å². The number of hydrogen-bond acceptors (Lipinski definition) is 3. The Labute approximate surface area is 404 Å². The van der Waals surface area contributed by atoms with Gasteiger partial charge in [0.15, 0.2) is 0 Å². The maximum atomic E-state index is 6.45. The SMILES string of the molecule is c1ccc(-n2c3ccccc3c3cc(-c4ccc(-c5ccc(N(c6ccc(-c7cccc8c7oc7ccccc78)cc6)c6ccc(-c7cccc8c7oc7ccccc78)cc6)cc5)cc4)ccc32)cc1. The van der Waals surface area contributed by atoms with Crippen molar-refractivity contribution in [3.63, 3.8) is 0 Å². The zero-order valence-corrected chi connectivity index (χ0v) is 38.0. The molecule has 3 heterocycles. The van der Waals surface area contributed by atoms with E-state index in [-0.39, 0.29) is 0 Å². The molecule has 70 heavy (non-hydrogen) atoms. The minimum atomic E-state index is 0.897. The lowest BCUT2D eigenvalue weighted by Gasteiger charge is -2.26. The van der Waals surface area contributed by atoms with E-state index in [4.69, 9.17) is 8.83 Å². The van der Waals surface area contributed by atoms with Gasteiger partial charge >= 0.3 is 0 Å². The second-order valence-corrected chi connectivity index (χ2v) is 18.0. The summed E-state index contributed by atoms with van der Waals surface area (Å²) in [4.78, 5) is 2.33. The molecule has 3 aromatic heterocycles. The second kappa shape index (κ2) is 16.2. The van der Waals surface area contributed by atoms with Crippen LogP contribution in [-0.2, 0) is 0 Å². The molecular formula is C66H42N2O2. The molecule has 0 atom stereocenters. The Bertz CT molecular complexity index is 4100. The summed E-state index contributed by atoms with van der Waals surface area (Å²) in [5.41, 5.74) is 19.4. The van der Waals surface area contributed by atoms with Crippen molar-refractivity contribution in [2.75, 3.05) is 4.90 Å². The summed E-state index contributed by atoms with van der Waals surface area (Å²) in [6.07, 6.45) is 0. The predicted octanol–water partition coefficient (Wildman–Crippen LogP) is 18.7. The van der Waals surface area contributed by atoms with Gasteiger partial charge in [-0.15, -0.1) is 0 Å². The van der Waals surface area contributed by atoms with Crippen LogP contribution in [0.3, 0.4) is 0 Å². The number of para-hydroxylation sites is 6. The molecule has 0 radical (unpaired) electrons. The molecule has 0 unspecified atom stereocenters. The van der Waals surface area contributed by atoms with Crippen LogP contribution in [-0.4, -0.2) is 4.57 Å². The first-order valence-corrected chi connectivity index (χ1v) is 23.8. The Morgan fingerprint density at radius 3 is 1.21 bits per heavy atom. The molecule has 0 N–H and O–H groups in total. The number of benzene rings is 11. The molecule has 0 bridgehead atoms. The van der Waals surface area contributed by atoms with Gasteiger partial charge in [0.05, 0.1) is 11.0 Å². The van der Waals surface area contributed by atoms with E-state index in [1.165, 1.54) is 32.9 Å². The van der Waals surface area contributed by atoms with Crippen LogP contribution >= 0.6 is 0 Å². The molecule has 0 amide bonds. The Hall–Kier alpha value is -9.38. The maximum Gasteiger partial charge on any atom is 0.143 e. The molecule has 4 nitrogen and oxygen atoms in total. The minimum absolute atomic E-state index is 0.897. The van der Waals surface area contributed by atoms with Crippen LogP contribution in [0.25, 0.3) is 116 Å². The summed E-state index contributed by atoms with van der Waals surface area (Å²) in [5.74, 6) is 0. The van der Waals surface area contributed by atoms with Gasteiger partial charge in [0.1, 0.15) is 22.3 Å². The number of hydrogen-bond donors (Lipinski definition) is 0. The first kappa shape index (κ1) is 39.8. The summed E-state index contributed by atoms with van der Waals surface area (Å²) >= 11 is 0. The molecular weight excluding hydrogens is 853 g/mol. The van der Waals surface area contributed by atoms with Gasteiger partial charge in [-0.2, -0.15) is 0 Å². The van der Waals surface area contributed by atoms with Gasteiger partial charge < -0.3 is 18.3 Å². The van der Waals surface area contributed by atoms with Gasteiger partial charge in [-0.05, 0) is 112 Å². The van der Waals surface area contributed by atoms with Crippen LogP contribution in [0, 0.1) is 0 Å². The highest BCUT2D eigenvalue weighted by atomic mass is 16.3. The van der Waals surface area contributed by atoms with Crippen LogP contribution in [0.5, 0.6) is 0 Å². The van der Waals surface area contributed by atoms with Crippen molar-refractivity contribution in [3.05, 3.63) is 255 Å². The topological polar surface area (TPSA) is 34.5 Å². The third-order valence-electron chi connectivity index (χ3n) is 14.0. The van der Waals surface area contributed by atoms with Gasteiger partial charge in [0, 0.05) is 66.2 Å². The highest BCUT2D eigenvalue weighted by Crippen LogP contribution is 2.42. The molecule has 0 aliphatic rings. The highest BCUT2D eigenvalue weighted by Gasteiger charge is 2.18. The van der Waals surface area contributed by atoms with E-state index in [1.807, 2.05) is 24.3 Å². The Balaban J connectivity index is 0.807. The number of anilines is 3. The molecule has 0 saturated heterocycles. The molecule has 4 heteroatoms. The molecule has 11 aromatic carbocycles. The first-order chi connectivity index (χ1) is 34.7. The van der Waals surface area contributed by atoms with Gasteiger partial charge in [-0.25, -0.2) is 0 Å². The van der Waals surface area contributed by atoms with Gasteiger partial charge in [-0.3, -0.25) is 0 Å². The molecule has 328 valence electrons. The summed E-state index contributed by atoms with van der Waals surface area (Å²) in [5, 5.41) is 7.00. The second-order valence-electron chi connectivity index (χ2n) is 18.0. The summed E-state index contributed by atoms with van der Waals surface area (Å²) in [6, 6.07) is 91.0. The van der Waals surface area contributed by atoms with Crippen molar-refractivity contribution in [2.45, 2.75) is 0 Å². The van der Waals surface area contributed by atoms with Gasteiger partial charge in [0.25, 0.3) is 0 Å². The van der Waals surface area contributed by atoms with Crippen molar-refractivity contribution in [1.82, 2.24) is 4.57 Å². The predicted molar refractivity (Wildman–Crippen MR) is 292 cm³/mol. The lowest BCUT2D eigenvalue weighted by molar-refractivity contribution is 0.669. The minimum Gasteiger partial charge on any atom is -0.455 e. The number of furan rings is 2.